The number of furan rings is 1. The van der Waals surface area contributed by atoms with Crippen LogP contribution in [0, 0.1) is 11.3 Å². The number of rotatable bonds is 7. The minimum Gasteiger partial charge on any atom is -0.472 e. The maximum absolute atomic E-state index is 12.9. The van der Waals surface area contributed by atoms with E-state index in [0.29, 0.717) is 18.4 Å². The van der Waals surface area contributed by atoms with E-state index >= 15 is 0 Å². The third-order valence-electron chi connectivity index (χ3n) is 4.51. The zero-order valence-electron chi connectivity index (χ0n) is 16.5. The minimum atomic E-state index is -0.712. The number of carbonyl (C=O) groups is 3. The molecule has 2 N–H and O–H groups in total. The topological polar surface area (TPSA) is 97.6 Å². The second-order valence-electron chi connectivity index (χ2n) is 8.33. The molecule has 1 aromatic rings. The average Bonchev–Trinajstić information content (AvgIpc) is 3.10. The SMILES string of the molecule is CCCC1CC(=O)COC1NC(=O)[C@H](CC(C)(C)C)NC(=O)c1ccoc1. The summed E-state index contributed by atoms with van der Waals surface area (Å²) in [7, 11) is 0. The van der Waals surface area contributed by atoms with Crippen molar-refractivity contribution < 1.29 is 23.5 Å². The van der Waals surface area contributed by atoms with Gasteiger partial charge in [0.25, 0.3) is 5.91 Å². The monoisotopic (exact) mass is 378 g/mol. The summed E-state index contributed by atoms with van der Waals surface area (Å²) in [6.45, 7) is 8.06. The van der Waals surface area contributed by atoms with Crippen LogP contribution in [0.15, 0.2) is 23.0 Å². The lowest BCUT2D eigenvalue weighted by Crippen LogP contribution is -2.54. The highest BCUT2D eigenvalue weighted by atomic mass is 16.5. The van der Waals surface area contributed by atoms with Crippen molar-refractivity contribution in [3.05, 3.63) is 24.2 Å². The van der Waals surface area contributed by atoms with Gasteiger partial charge in [-0.1, -0.05) is 34.1 Å². The lowest BCUT2D eigenvalue weighted by atomic mass is 9.87. The molecular weight excluding hydrogens is 348 g/mol. The van der Waals surface area contributed by atoms with Gasteiger partial charge in [-0.3, -0.25) is 14.4 Å². The average molecular weight is 378 g/mol. The van der Waals surface area contributed by atoms with Crippen LogP contribution in [0.5, 0.6) is 0 Å². The number of carbonyl (C=O) groups excluding carboxylic acids is 3. The first-order chi connectivity index (χ1) is 12.7. The molecule has 7 nitrogen and oxygen atoms in total. The number of hydrogen-bond acceptors (Lipinski definition) is 5. The molecule has 0 aliphatic carbocycles. The number of amides is 2. The Labute approximate surface area is 160 Å². The van der Waals surface area contributed by atoms with Gasteiger partial charge in [-0.15, -0.1) is 0 Å². The molecule has 0 saturated carbocycles. The molecule has 150 valence electrons. The van der Waals surface area contributed by atoms with E-state index in [9.17, 15) is 14.4 Å². The Morgan fingerprint density at radius 2 is 2.07 bits per heavy atom. The molecule has 7 heteroatoms. The quantitative estimate of drug-likeness (QED) is 0.760. The highest BCUT2D eigenvalue weighted by molar-refractivity contribution is 5.97. The number of hydrogen-bond donors (Lipinski definition) is 2. The summed E-state index contributed by atoms with van der Waals surface area (Å²) >= 11 is 0. The van der Waals surface area contributed by atoms with Crippen molar-refractivity contribution >= 4 is 17.6 Å². The zero-order valence-corrected chi connectivity index (χ0v) is 16.5. The van der Waals surface area contributed by atoms with Crippen LogP contribution in [-0.2, 0) is 14.3 Å². The maximum atomic E-state index is 12.9. The molecule has 0 spiro atoms. The summed E-state index contributed by atoms with van der Waals surface area (Å²) in [6, 6.07) is 0.838. The normalized spacial score (nSPS) is 21.6. The van der Waals surface area contributed by atoms with Crippen LogP contribution < -0.4 is 10.6 Å². The summed E-state index contributed by atoms with van der Waals surface area (Å²) < 4.78 is 10.5. The van der Waals surface area contributed by atoms with E-state index in [1.165, 1.54) is 12.5 Å². The van der Waals surface area contributed by atoms with Crippen LogP contribution in [0.25, 0.3) is 0 Å². The largest absolute Gasteiger partial charge is 0.472 e. The first-order valence-electron chi connectivity index (χ1n) is 9.46. The summed E-state index contributed by atoms with van der Waals surface area (Å²) in [4.78, 5) is 37.0. The number of nitrogens with one attached hydrogen (secondary N) is 2. The van der Waals surface area contributed by atoms with Crippen LogP contribution in [0.2, 0.25) is 0 Å². The maximum Gasteiger partial charge on any atom is 0.255 e. The molecule has 1 aromatic heterocycles. The molecule has 2 rings (SSSR count). The lowest BCUT2D eigenvalue weighted by Gasteiger charge is -2.33. The van der Waals surface area contributed by atoms with Gasteiger partial charge in [-0.2, -0.15) is 0 Å². The Morgan fingerprint density at radius 1 is 1.33 bits per heavy atom. The first kappa shape index (κ1) is 21.2. The Hall–Kier alpha value is -2.15. The minimum absolute atomic E-state index is 0.0104. The van der Waals surface area contributed by atoms with Gasteiger partial charge >= 0.3 is 0 Å². The van der Waals surface area contributed by atoms with Crippen LogP contribution >= 0.6 is 0 Å². The fraction of sp³-hybridized carbons (Fsp3) is 0.650. The fourth-order valence-corrected chi connectivity index (χ4v) is 3.26. The molecule has 2 unspecified atom stereocenters. The third kappa shape index (κ3) is 6.50. The van der Waals surface area contributed by atoms with Crippen molar-refractivity contribution in [2.45, 2.75) is 65.6 Å². The van der Waals surface area contributed by atoms with Crippen molar-refractivity contribution in [2.75, 3.05) is 6.61 Å². The van der Waals surface area contributed by atoms with Gasteiger partial charge in [0, 0.05) is 12.3 Å². The molecule has 1 saturated heterocycles. The second-order valence-corrected chi connectivity index (χ2v) is 8.33. The first-order valence-corrected chi connectivity index (χ1v) is 9.46. The Morgan fingerprint density at radius 3 is 2.67 bits per heavy atom. The zero-order chi connectivity index (χ0) is 20.0. The summed E-state index contributed by atoms with van der Waals surface area (Å²) in [6.07, 6.45) is 4.81. The van der Waals surface area contributed by atoms with E-state index < -0.39 is 12.3 Å². The Kier molecular flexibility index (Phi) is 7.18. The molecule has 2 heterocycles. The van der Waals surface area contributed by atoms with E-state index in [0.717, 1.165) is 12.8 Å². The highest BCUT2D eigenvalue weighted by Gasteiger charge is 2.34. The van der Waals surface area contributed by atoms with E-state index in [1.54, 1.807) is 6.07 Å². The van der Waals surface area contributed by atoms with Gasteiger partial charge in [0.2, 0.25) is 5.91 Å². The van der Waals surface area contributed by atoms with Gasteiger partial charge in [0.15, 0.2) is 5.78 Å². The Bertz CT molecular complexity index is 648. The number of ketones is 1. The molecule has 1 fully saturated rings. The molecule has 0 radical (unpaired) electrons. The third-order valence-corrected chi connectivity index (χ3v) is 4.51. The summed E-state index contributed by atoms with van der Waals surface area (Å²) in [5.41, 5.74) is 0.197. The molecule has 3 atom stereocenters. The molecule has 1 aliphatic heterocycles. The molecule has 2 amide bonds. The summed E-state index contributed by atoms with van der Waals surface area (Å²) in [5.74, 6) is -0.654. The van der Waals surface area contributed by atoms with Gasteiger partial charge in [0.1, 0.15) is 25.1 Å². The smallest absolute Gasteiger partial charge is 0.255 e. The fourth-order valence-electron chi connectivity index (χ4n) is 3.26. The van der Waals surface area contributed by atoms with Crippen molar-refractivity contribution in [3.63, 3.8) is 0 Å². The molecular formula is C20H30N2O5. The molecule has 0 bridgehead atoms. The molecule has 27 heavy (non-hydrogen) atoms. The van der Waals surface area contributed by atoms with Crippen LogP contribution in [-0.4, -0.2) is 36.5 Å². The molecule has 1 aliphatic rings. The van der Waals surface area contributed by atoms with Crippen molar-refractivity contribution in [2.24, 2.45) is 11.3 Å². The van der Waals surface area contributed by atoms with Gasteiger partial charge in [0.05, 0.1) is 11.8 Å². The van der Waals surface area contributed by atoms with Gasteiger partial charge in [-0.25, -0.2) is 0 Å². The van der Waals surface area contributed by atoms with Crippen molar-refractivity contribution in [1.29, 1.82) is 0 Å². The standard InChI is InChI=1S/C20H30N2O5/c1-5-6-13-9-15(23)12-27-19(13)22-18(25)16(10-20(2,3)4)21-17(24)14-7-8-26-11-14/h7-8,11,13,16,19H,5-6,9-10,12H2,1-4H3,(H,21,24)(H,22,25)/t13?,16-,19?/m0/s1. The predicted molar refractivity (Wildman–Crippen MR) is 99.9 cm³/mol. The number of ether oxygens (including phenoxy) is 1. The van der Waals surface area contributed by atoms with E-state index in [-0.39, 0.29) is 35.5 Å². The van der Waals surface area contributed by atoms with Crippen molar-refractivity contribution in [3.8, 4) is 0 Å². The predicted octanol–water partition coefficient (Wildman–Crippen LogP) is 2.66. The van der Waals surface area contributed by atoms with Gasteiger partial charge < -0.3 is 19.8 Å². The van der Waals surface area contributed by atoms with E-state index in [2.05, 4.69) is 10.6 Å². The second kappa shape index (κ2) is 9.17. The number of Topliss-reactive ketones (excluding diaryl/α,β-unsaturated/α-hetero) is 1. The molecule has 0 aromatic carbocycles. The van der Waals surface area contributed by atoms with Gasteiger partial charge in [-0.05, 0) is 24.3 Å². The van der Waals surface area contributed by atoms with Crippen molar-refractivity contribution in [1.82, 2.24) is 10.6 Å². The lowest BCUT2D eigenvalue weighted by molar-refractivity contribution is -0.145. The van der Waals surface area contributed by atoms with Crippen LogP contribution in [0.3, 0.4) is 0 Å². The highest BCUT2D eigenvalue weighted by Crippen LogP contribution is 2.24. The van der Waals surface area contributed by atoms with Crippen LogP contribution in [0.4, 0.5) is 0 Å². The van der Waals surface area contributed by atoms with E-state index in [4.69, 9.17) is 9.15 Å². The van der Waals surface area contributed by atoms with Crippen LogP contribution in [0.1, 0.15) is 63.7 Å². The summed E-state index contributed by atoms with van der Waals surface area (Å²) in [5, 5.41) is 5.68. The van der Waals surface area contributed by atoms with E-state index in [1.807, 2.05) is 27.7 Å². The Balaban J connectivity index is 2.07.